The Hall–Kier alpha value is -2.08. The van der Waals surface area contributed by atoms with E-state index in [1.54, 1.807) is 12.1 Å². The van der Waals surface area contributed by atoms with Gasteiger partial charge in [0.05, 0.1) is 0 Å². The number of nitrogens with zero attached hydrogens (tertiary/aromatic N) is 1. The van der Waals surface area contributed by atoms with Crippen LogP contribution in [0.5, 0.6) is 0 Å². The number of aliphatic carboxylic acids is 1. The molecule has 1 unspecified atom stereocenters. The van der Waals surface area contributed by atoms with Crippen LogP contribution in [0.15, 0.2) is 24.3 Å². The molecule has 0 aliphatic rings. The minimum Gasteiger partial charge on any atom is -0.480 e. The average Bonchev–Trinajstić information content (AvgIpc) is 2.52. The number of amides is 2. The van der Waals surface area contributed by atoms with Crippen LogP contribution in [0.1, 0.15) is 32.3 Å². The lowest BCUT2D eigenvalue weighted by Crippen LogP contribution is -2.46. The standard InChI is InChI=1S/C17H23ClN2O4/c1-12(17(23)24)20(11-10-19-13(2)21)16(22)5-3-4-14-6-8-15(18)9-7-14/h6-9,12H,3-5,10-11H2,1-2H3,(H,19,21)(H,23,24). The van der Waals surface area contributed by atoms with Crippen molar-refractivity contribution >= 4 is 29.4 Å². The summed E-state index contributed by atoms with van der Waals surface area (Å²) in [6.07, 6.45) is 1.58. The summed E-state index contributed by atoms with van der Waals surface area (Å²) in [6.45, 7) is 3.24. The second-order valence-corrected chi connectivity index (χ2v) is 6.00. The molecule has 132 valence electrons. The smallest absolute Gasteiger partial charge is 0.326 e. The normalized spacial score (nSPS) is 11.6. The number of hydrogen-bond donors (Lipinski definition) is 2. The van der Waals surface area contributed by atoms with Crippen molar-refractivity contribution in [3.8, 4) is 0 Å². The molecule has 0 spiro atoms. The van der Waals surface area contributed by atoms with Gasteiger partial charge >= 0.3 is 5.97 Å². The maximum absolute atomic E-state index is 12.3. The number of halogens is 1. The summed E-state index contributed by atoms with van der Waals surface area (Å²) in [5.41, 5.74) is 1.07. The van der Waals surface area contributed by atoms with E-state index in [1.807, 2.05) is 12.1 Å². The quantitative estimate of drug-likeness (QED) is 0.711. The van der Waals surface area contributed by atoms with E-state index in [4.69, 9.17) is 16.7 Å². The molecule has 2 amide bonds. The third-order valence-corrected chi connectivity index (χ3v) is 3.89. The lowest BCUT2D eigenvalue weighted by Gasteiger charge is -2.26. The first kappa shape index (κ1) is 20.0. The fraction of sp³-hybridized carbons (Fsp3) is 0.471. The number of aryl methyl sites for hydroxylation is 1. The third-order valence-electron chi connectivity index (χ3n) is 3.64. The zero-order valence-electron chi connectivity index (χ0n) is 13.9. The first-order valence-electron chi connectivity index (χ1n) is 7.82. The first-order chi connectivity index (χ1) is 11.3. The molecule has 24 heavy (non-hydrogen) atoms. The summed E-state index contributed by atoms with van der Waals surface area (Å²) in [5, 5.41) is 12.4. The van der Waals surface area contributed by atoms with Gasteiger partial charge in [0.25, 0.3) is 0 Å². The van der Waals surface area contributed by atoms with Gasteiger partial charge in [0, 0.05) is 31.5 Å². The van der Waals surface area contributed by atoms with Crippen LogP contribution >= 0.6 is 11.6 Å². The Morgan fingerprint density at radius 3 is 2.42 bits per heavy atom. The van der Waals surface area contributed by atoms with Crippen molar-refractivity contribution in [3.05, 3.63) is 34.9 Å². The van der Waals surface area contributed by atoms with Crippen molar-refractivity contribution in [2.24, 2.45) is 0 Å². The molecule has 0 fully saturated rings. The lowest BCUT2D eigenvalue weighted by atomic mass is 10.1. The van der Waals surface area contributed by atoms with E-state index in [1.165, 1.54) is 18.7 Å². The van der Waals surface area contributed by atoms with E-state index in [2.05, 4.69) is 5.32 Å². The summed E-state index contributed by atoms with van der Waals surface area (Å²) >= 11 is 5.83. The summed E-state index contributed by atoms with van der Waals surface area (Å²) < 4.78 is 0. The van der Waals surface area contributed by atoms with Gasteiger partial charge in [0.2, 0.25) is 11.8 Å². The van der Waals surface area contributed by atoms with Crippen molar-refractivity contribution in [2.45, 2.75) is 39.2 Å². The molecule has 0 saturated carbocycles. The van der Waals surface area contributed by atoms with Gasteiger partial charge in [-0.3, -0.25) is 9.59 Å². The van der Waals surface area contributed by atoms with Crippen LogP contribution in [-0.2, 0) is 20.8 Å². The molecule has 1 aromatic carbocycles. The van der Waals surface area contributed by atoms with Gasteiger partial charge in [-0.15, -0.1) is 0 Å². The van der Waals surface area contributed by atoms with Gasteiger partial charge in [0.15, 0.2) is 0 Å². The highest BCUT2D eigenvalue weighted by Gasteiger charge is 2.24. The number of hydrogen-bond acceptors (Lipinski definition) is 3. The van der Waals surface area contributed by atoms with E-state index >= 15 is 0 Å². The number of nitrogens with one attached hydrogen (secondary N) is 1. The fourth-order valence-corrected chi connectivity index (χ4v) is 2.38. The van der Waals surface area contributed by atoms with Crippen molar-refractivity contribution in [2.75, 3.05) is 13.1 Å². The van der Waals surface area contributed by atoms with E-state index in [9.17, 15) is 14.4 Å². The highest BCUT2D eigenvalue weighted by atomic mass is 35.5. The zero-order valence-corrected chi connectivity index (χ0v) is 14.7. The van der Waals surface area contributed by atoms with E-state index in [0.29, 0.717) is 17.9 Å². The summed E-state index contributed by atoms with van der Waals surface area (Å²) in [7, 11) is 0. The van der Waals surface area contributed by atoms with Gasteiger partial charge in [0.1, 0.15) is 6.04 Å². The Morgan fingerprint density at radius 2 is 1.88 bits per heavy atom. The molecule has 7 heteroatoms. The molecular formula is C17H23ClN2O4. The molecule has 0 radical (unpaired) electrons. The molecule has 0 bridgehead atoms. The monoisotopic (exact) mass is 354 g/mol. The largest absolute Gasteiger partial charge is 0.480 e. The maximum atomic E-state index is 12.3. The average molecular weight is 355 g/mol. The molecule has 0 aliphatic carbocycles. The number of carboxylic acid groups (broad SMARTS) is 1. The Labute approximate surface area is 146 Å². The lowest BCUT2D eigenvalue weighted by molar-refractivity contribution is -0.149. The SMILES string of the molecule is CC(=O)NCCN(C(=O)CCCc1ccc(Cl)cc1)C(C)C(=O)O. The van der Waals surface area contributed by atoms with Crippen molar-refractivity contribution in [1.29, 1.82) is 0 Å². The number of rotatable bonds is 9. The van der Waals surface area contributed by atoms with Gasteiger partial charge in [-0.25, -0.2) is 4.79 Å². The first-order valence-corrected chi connectivity index (χ1v) is 8.20. The van der Waals surface area contributed by atoms with E-state index in [-0.39, 0.29) is 31.3 Å². The van der Waals surface area contributed by atoms with Crippen molar-refractivity contribution in [1.82, 2.24) is 10.2 Å². The Bertz CT molecular complexity index is 574. The molecule has 1 aromatic rings. The summed E-state index contributed by atoms with van der Waals surface area (Å²) in [5.74, 6) is -1.51. The predicted molar refractivity (Wildman–Crippen MR) is 91.9 cm³/mol. The molecule has 0 heterocycles. The number of carbonyl (C=O) groups is 3. The Balaban J connectivity index is 2.54. The van der Waals surface area contributed by atoms with Crippen LogP contribution in [0.3, 0.4) is 0 Å². The highest BCUT2D eigenvalue weighted by molar-refractivity contribution is 6.30. The van der Waals surface area contributed by atoms with Crippen molar-refractivity contribution < 1.29 is 19.5 Å². The van der Waals surface area contributed by atoms with Crippen LogP contribution in [0.25, 0.3) is 0 Å². The van der Waals surface area contributed by atoms with Crippen LogP contribution in [-0.4, -0.2) is 46.9 Å². The maximum Gasteiger partial charge on any atom is 0.326 e. The van der Waals surface area contributed by atoms with Crippen LogP contribution in [0, 0.1) is 0 Å². The molecule has 1 atom stereocenters. The molecule has 0 aromatic heterocycles. The highest BCUT2D eigenvalue weighted by Crippen LogP contribution is 2.12. The number of carbonyl (C=O) groups excluding carboxylic acids is 2. The molecule has 2 N–H and O–H groups in total. The number of benzene rings is 1. The number of carboxylic acids is 1. The second-order valence-electron chi connectivity index (χ2n) is 5.56. The van der Waals surface area contributed by atoms with Crippen LogP contribution < -0.4 is 5.32 Å². The van der Waals surface area contributed by atoms with Crippen LogP contribution in [0.4, 0.5) is 0 Å². The van der Waals surface area contributed by atoms with Gasteiger partial charge in [-0.2, -0.15) is 0 Å². The summed E-state index contributed by atoms with van der Waals surface area (Å²) in [6, 6.07) is 6.47. The van der Waals surface area contributed by atoms with Gasteiger partial charge < -0.3 is 15.3 Å². The van der Waals surface area contributed by atoms with Gasteiger partial charge in [-0.05, 0) is 37.5 Å². The van der Waals surface area contributed by atoms with E-state index in [0.717, 1.165) is 5.56 Å². The predicted octanol–water partition coefficient (Wildman–Crippen LogP) is 2.10. The minimum atomic E-state index is -1.07. The molecule has 6 nitrogen and oxygen atoms in total. The zero-order chi connectivity index (χ0) is 18.1. The van der Waals surface area contributed by atoms with Crippen molar-refractivity contribution in [3.63, 3.8) is 0 Å². The Kier molecular flexibility index (Phi) is 8.26. The van der Waals surface area contributed by atoms with E-state index < -0.39 is 12.0 Å². The molecule has 1 rings (SSSR count). The minimum absolute atomic E-state index is 0.173. The second kappa shape index (κ2) is 9.93. The van der Waals surface area contributed by atoms with Crippen LogP contribution in [0.2, 0.25) is 5.02 Å². The fourth-order valence-electron chi connectivity index (χ4n) is 2.26. The molecule has 0 aliphatic heterocycles. The molecule has 0 saturated heterocycles. The third kappa shape index (κ3) is 7.00. The Morgan fingerprint density at radius 1 is 1.25 bits per heavy atom. The van der Waals surface area contributed by atoms with Gasteiger partial charge in [-0.1, -0.05) is 23.7 Å². The topological polar surface area (TPSA) is 86.7 Å². The molecular weight excluding hydrogens is 332 g/mol. The summed E-state index contributed by atoms with van der Waals surface area (Å²) in [4.78, 5) is 35.7.